The van der Waals surface area contributed by atoms with Crippen molar-refractivity contribution >= 4 is 29.2 Å². The molecule has 0 saturated heterocycles. The van der Waals surface area contributed by atoms with Gasteiger partial charge < -0.3 is 20.5 Å². The first kappa shape index (κ1) is 15.8. The molecule has 2 unspecified atom stereocenters. The molecule has 1 saturated carbocycles. The van der Waals surface area contributed by atoms with Gasteiger partial charge in [-0.1, -0.05) is 0 Å². The van der Waals surface area contributed by atoms with Crippen molar-refractivity contribution < 1.29 is 24.2 Å². The third kappa shape index (κ3) is 3.36. The fourth-order valence-electron chi connectivity index (χ4n) is 2.42. The van der Waals surface area contributed by atoms with Gasteiger partial charge in [-0.2, -0.15) is 0 Å². The van der Waals surface area contributed by atoms with Crippen LogP contribution in [-0.4, -0.2) is 30.0 Å². The molecule has 22 heavy (non-hydrogen) atoms. The zero-order chi connectivity index (χ0) is 16.3. The molecule has 7 heteroatoms. The monoisotopic (exact) mass is 306 g/mol. The van der Waals surface area contributed by atoms with Gasteiger partial charge in [-0.05, 0) is 31.0 Å². The maximum absolute atomic E-state index is 12.2. The largest absolute Gasteiger partial charge is 0.495 e. The normalized spacial score (nSPS) is 19.7. The summed E-state index contributed by atoms with van der Waals surface area (Å²) in [6, 6.07) is 4.85. The second kappa shape index (κ2) is 6.46. The van der Waals surface area contributed by atoms with Crippen LogP contribution in [0.25, 0.3) is 0 Å². The summed E-state index contributed by atoms with van der Waals surface area (Å²) in [5.74, 6) is -2.26. The Morgan fingerprint density at radius 3 is 2.36 bits per heavy atom. The zero-order valence-electron chi connectivity index (χ0n) is 12.4. The lowest BCUT2D eigenvalue weighted by Crippen LogP contribution is -2.41. The number of hydrogen-bond acceptors (Lipinski definition) is 4. The van der Waals surface area contributed by atoms with E-state index in [1.54, 1.807) is 18.2 Å². The molecule has 118 valence electrons. The van der Waals surface area contributed by atoms with E-state index >= 15 is 0 Å². The fraction of sp³-hybridized carbons (Fsp3) is 0.400. The first-order chi connectivity index (χ1) is 10.4. The predicted octanol–water partition coefficient (Wildman–Crippen LogP) is 1.70. The number of methoxy groups -OCH3 is 1. The summed E-state index contributed by atoms with van der Waals surface area (Å²) in [7, 11) is 1.46. The molecule has 1 aromatic carbocycles. The number of ether oxygens (including phenoxy) is 1. The Morgan fingerprint density at radius 1 is 1.18 bits per heavy atom. The minimum absolute atomic E-state index is 0.229. The van der Waals surface area contributed by atoms with Gasteiger partial charge in [0.1, 0.15) is 5.75 Å². The molecule has 1 fully saturated rings. The highest BCUT2D eigenvalue weighted by atomic mass is 16.5. The van der Waals surface area contributed by atoms with Crippen molar-refractivity contribution in [2.45, 2.75) is 19.8 Å². The number of benzene rings is 1. The number of hydrogen-bond donors (Lipinski definition) is 3. The van der Waals surface area contributed by atoms with Crippen molar-refractivity contribution in [2.24, 2.45) is 11.8 Å². The van der Waals surface area contributed by atoms with Crippen molar-refractivity contribution in [1.82, 2.24) is 0 Å². The summed E-state index contributed by atoms with van der Waals surface area (Å²) < 4.78 is 5.17. The average molecular weight is 306 g/mol. The Kier molecular flexibility index (Phi) is 4.65. The highest BCUT2D eigenvalue weighted by Crippen LogP contribution is 2.36. The van der Waals surface area contributed by atoms with Crippen LogP contribution in [-0.2, 0) is 14.4 Å². The lowest BCUT2D eigenvalue weighted by Gasteiger charge is -2.32. The highest BCUT2D eigenvalue weighted by Gasteiger charge is 2.41. The van der Waals surface area contributed by atoms with Gasteiger partial charge in [-0.25, -0.2) is 0 Å². The lowest BCUT2D eigenvalue weighted by molar-refractivity contribution is -0.151. The molecule has 1 aromatic rings. The van der Waals surface area contributed by atoms with Crippen molar-refractivity contribution in [3.63, 3.8) is 0 Å². The van der Waals surface area contributed by atoms with Gasteiger partial charge in [0, 0.05) is 12.6 Å². The molecule has 0 heterocycles. The summed E-state index contributed by atoms with van der Waals surface area (Å²) in [5, 5.41) is 14.3. The number of carboxylic acids is 1. The number of carbonyl (C=O) groups is 3. The summed E-state index contributed by atoms with van der Waals surface area (Å²) in [6.45, 7) is 1.38. The third-order valence-electron chi connectivity index (χ3n) is 3.71. The Labute approximate surface area is 127 Å². The number of nitrogens with one attached hydrogen (secondary N) is 2. The molecule has 2 rings (SSSR count). The molecule has 0 aromatic heterocycles. The van der Waals surface area contributed by atoms with Crippen molar-refractivity contribution in [1.29, 1.82) is 0 Å². The van der Waals surface area contributed by atoms with E-state index in [0.717, 1.165) is 0 Å². The fourth-order valence-corrected chi connectivity index (χ4v) is 2.42. The molecular weight excluding hydrogens is 288 g/mol. The van der Waals surface area contributed by atoms with Gasteiger partial charge in [-0.3, -0.25) is 14.4 Å². The molecule has 0 bridgehead atoms. The van der Waals surface area contributed by atoms with Gasteiger partial charge in [-0.15, -0.1) is 0 Å². The second-order valence-corrected chi connectivity index (χ2v) is 5.21. The van der Waals surface area contributed by atoms with Crippen molar-refractivity contribution in [3.8, 4) is 5.75 Å². The summed E-state index contributed by atoms with van der Waals surface area (Å²) >= 11 is 0. The number of rotatable bonds is 5. The maximum Gasteiger partial charge on any atom is 0.307 e. The van der Waals surface area contributed by atoms with E-state index in [1.807, 2.05) is 0 Å². The molecule has 0 radical (unpaired) electrons. The summed E-state index contributed by atoms with van der Waals surface area (Å²) in [5.41, 5.74) is 0.918. The number of carbonyl (C=O) groups excluding carboxylic acids is 2. The first-order valence-electron chi connectivity index (χ1n) is 6.91. The lowest BCUT2D eigenvalue weighted by atomic mass is 9.73. The van der Waals surface area contributed by atoms with Crippen LogP contribution in [0.15, 0.2) is 18.2 Å². The van der Waals surface area contributed by atoms with E-state index in [9.17, 15) is 14.4 Å². The van der Waals surface area contributed by atoms with Gasteiger partial charge in [0.25, 0.3) is 0 Å². The Bertz CT molecular complexity index is 614. The Balaban J connectivity index is 2.15. The number of carboxylic acid groups (broad SMARTS) is 1. The van der Waals surface area contributed by atoms with Gasteiger partial charge in [0.2, 0.25) is 11.8 Å². The summed E-state index contributed by atoms with van der Waals surface area (Å²) in [4.78, 5) is 34.3. The number of amides is 2. The third-order valence-corrected chi connectivity index (χ3v) is 3.71. The van der Waals surface area contributed by atoms with Gasteiger partial charge in [0.15, 0.2) is 0 Å². The van der Waals surface area contributed by atoms with E-state index in [0.29, 0.717) is 30.0 Å². The smallest absolute Gasteiger partial charge is 0.307 e. The van der Waals surface area contributed by atoms with E-state index in [4.69, 9.17) is 9.84 Å². The van der Waals surface area contributed by atoms with Gasteiger partial charge >= 0.3 is 5.97 Å². The minimum atomic E-state index is -0.953. The maximum atomic E-state index is 12.2. The van der Waals surface area contributed by atoms with Crippen LogP contribution in [0.5, 0.6) is 5.75 Å². The molecule has 7 nitrogen and oxygen atoms in total. The predicted molar refractivity (Wildman–Crippen MR) is 79.8 cm³/mol. The molecule has 2 atom stereocenters. The van der Waals surface area contributed by atoms with E-state index in [-0.39, 0.29) is 11.8 Å². The van der Waals surface area contributed by atoms with Crippen LogP contribution < -0.4 is 15.4 Å². The number of aliphatic carboxylic acids is 1. The Morgan fingerprint density at radius 2 is 1.86 bits per heavy atom. The van der Waals surface area contributed by atoms with Crippen LogP contribution in [0.3, 0.4) is 0 Å². The second-order valence-electron chi connectivity index (χ2n) is 5.21. The van der Waals surface area contributed by atoms with Crippen molar-refractivity contribution in [2.75, 3.05) is 17.7 Å². The van der Waals surface area contributed by atoms with Crippen LogP contribution >= 0.6 is 0 Å². The highest BCUT2D eigenvalue weighted by molar-refractivity contribution is 5.98. The van der Waals surface area contributed by atoms with Crippen molar-refractivity contribution in [3.05, 3.63) is 18.2 Å². The Hall–Kier alpha value is -2.57. The molecule has 0 aliphatic heterocycles. The first-order valence-corrected chi connectivity index (χ1v) is 6.91. The SMILES string of the molecule is COc1ccc(NC(C)=O)cc1NC(=O)C1CCC1C(=O)O. The zero-order valence-corrected chi connectivity index (χ0v) is 12.4. The molecule has 2 amide bonds. The van der Waals surface area contributed by atoms with Gasteiger partial charge in [0.05, 0.1) is 24.6 Å². The van der Waals surface area contributed by atoms with E-state index in [2.05, 4.69) is 10.6 Å². The number of anilines is 2. The van der Waals surface area contributed by atoms with E-state index in [1.165, 1.54) is 14.0 Å². The van der Waals surface area contributed by atoms with E-state index < -0.39 is 17.8 Å². The summed E-state index contributed by atoms with van der Waals surface area (Å²) in [6.07, 6.45) is 1.06. The van der Waals surface area contributed by atoms with Crippen LogP contribution in [0, 0.1) is 11.8 Å². The molecular formula is C15H18N2O5. The topological polar surface area (TPSA) is 105 Å². The standard InChI is InChI=1S/C15H18N2O5/c1-8(18)16-9-3-6-13(22-2)12(7-9)17-14(19)10-4-5-11(10)15(20)21/h3,6-7,10-11H,4-5H2,1-2H3,(H,16,18)(H,17,19)(H,20,21). The quantitative estimate of drug-likeness (QED) is 0.768. The minimum Gasteiger partial charge on any atom is -0.495 e. The molecule has 3 N–H and O–H groups in total. The molecule has 0 spiro atoms. The average Bonchev–Trinajstić information content (AvgIpc) is 2.36. The van der Waals surface area contributed by atoms with Crippen LogP contribution in [0.1, 0.15) is 19.8 Å². The van der Waals surface area contributed by atoms with Crippen LogP contribution in [0.4, 0.5) is 11.4 Å². The van der Waals surface area contributed by atoms with Crippen LogP contribution in [0.2, 0.25) is 0 Å². The molecule has 1 aliphatic carbocycles. The molecule has 1 aliphatic rings.